The molecule has 102 valence electrons. The highest BCUT2D eigenvalue weighted by molar-refractivity contribution is 5.84. The number of hydrogen-bond acceptors (Lipinski definition) is 4. The highest BCUT2D eigenvalue weighted by atomic mass is 16.5. The Labute approximate surface area is 112 Å². The van der Waals surface area contributed by atoms with E-state index in [2.05, 4.69) is 9.55 Å². The number of ether oxygens (including phenoxy) is 2. The van der Waals surface area contributed by atoms with Crippen LogP contribution in [0.25, 0.3) is 11.0 Å². The SMILES string of the molecule is CCOc1cccc2c1nc(N)n2C1CC(OC)C1. The third-order valence-corrected chi connectivity index (χ3v) is 3.78. The highest BCUT2D eigenvalue weighted by Gasteiger charge is 2.32. The van der Waals surface area contributed by atoms with Crippen LogP contribution in [0.2, 0.25) is 0 Å². The predicted molar refractivity (Wildman–Crippen MR) is 74.4 cm³/mol. The summed E-state index contributed by atoms with van der Waals surface area (Å²) in [4.78, 5) is 4.46. The third kappa shape index (κ3) is 1.94. The molecule has 0 saturated heterocycles. The van der Waals surface area contributed by atoms with E-state index in [-0.39, 0.29) is 0 Å². The fourth-order valence-electron chi connectivity index (χ4n) is 2.71. The van der Waals surface area contributed by atoms with Crippen LogP contribution in [0.5, 0.6) is 5.75 Å². The van der Waals surface area contributed by atoms with E-state index in [0.29, 0.717) is 24.7 Å². The number of anilines is 1. The van der Waals surface area contributed by atoms with Gasteiger partial charge in [0.2, 0.25) is 5.95 Å². The van der Waals surface area contributed by atoms with Gasteiger partial charge in [-0.2, -0.15) is 0 Å². The summed E-state index contributed by atoms with van der Waals surface area (Å²) < 4.78 is 13.0. The molecule has 5 heteroatoms. The Bertz CT molecular complexity index is 588. The molecule has 0 bridgehead atoms. The molecule has 1 heterocycles. The molecule has 0 radical (unpaired) electrons. The summed E-state index contributed by atoms with van der Waals surface area (Å²) in [7, 11) is 1.75. The van der Waals surface area contributed by atoms with Crippen molar-refractivity contribution in [1.82, 2.24) is 9.55 Å². The molecule has 0 atom stereocenters. The van der Waals surface area contributed by atoms with Crippen LogP contribution in [-0.2, 0) is 4.74 Å². The molecule has 2 N–H and O–H groups in total. The van der Waals surface area contributed by atoms with E-state index in [0.717, 1.165) is 29.6 Å². The largest absolute Gasteiger partial charge is 0.492 e. The third-order valence-electron chi connectivity index (χ3n) is 3.78. The van der Waals surface area contributed by atoms with Crippen LogP contribution in [-0.4, -0.2) is 29.4 Å². The second-order valence-electron chi connectivity index (χ2n) is 4.88. The number of rotatable bonds is 4. The van der Waals surface area contributed by atoms with Crippen molar-refractivity contribution < 1.29 is 9.47 Å². The van der Waals surface area contributed by atoms with Crippen molar-refractivity contribution in [1.29, 1.82) is 0 Å². The summed E-state index contributed by atoms with van der Waals surface area (Å²) in [5.74, 6) is 1.36. The minimum absolute atomic E-state index is 0.344. The van der Waals surface area contributed by atoms with Gasteiger partial charge in [0, 0.05) is 13.2 Å². The second-order valence-corrected chi connectivity index (χ2v) is 4.88. The average molecular weight is 261 g/mol. The molecule has 0 aliphatic heterocycles. The first kappa shape index (κ1) is 12.3. The number of benzene rings is 1. The van der Waals surface area contributed by atoms with E-state index < -0.39 is 0 Å². The van der Waals surface area contributed by atoms with E-state index >= 15 is 0 Å². The zero-order valence-corrected chi connectivity index (χ0v) is 11.3. The molecule has 1 aromatic carbocycles. The lowest BCUT2D eigenvalue weighted by molar-refractivity contribution is 0.00798. The maximum atomic E-state index is 6.07. The van der Waals surface area contributed by atoms with Gasteiger partial charge in [0.1, 0.15) is 11.3 Å². The number of hydrogen-bond donors (Lipinski definition) is 1. The van der Waals surface area contributed by atoms with Gasteiger partial charge >= 0.3 is 0 Å². The minimum atomic E-state index is 0.344. The molecule has 0 amide bonds. The number of methoxy groups -OCH3 is 1. The molecule has 1 fully saturated rings. The Morgan fingerprint density at radius 1 is 1.42 bits per heavy atom. The van der Waals surface area contributed by atoms with Crippen molar-refractivity contribution in [3.8, 4) is 5.75 Å². The van der Waals surface area contributed by atoms with Gasteiger partial charge in [0.25, 0.3) is 0 Å². The van der Waals surface area contributed by atoms with Crippen LogP contribution < -0.4 is 10.5 Å². The van der Waals surface area contributed by atoms with E-state index in [4.69, 9.17) is 15.2 Å². The van der Waals surface area contributed by atoms with Crippen molar-refractivity contribution in [2.24, 2.45) is 0 Å². The topological polar surface area (TPSA) is 62.3 Å². The lowest BCUT2D eigenvalue weighted by Crippen LogP contribution is -2.32. The minimum Gasteiger partial charge on any atom is -0.492 e. The van der Waals surface area contributed by atoms with Crippen LogP contribution in [0.3, 0.4) is 0 Å². The molecule has 1 aliphatic carbocycles. The summed E-state index contributed by atoms with van der Waals surface area (Å²) in [6, 6.07) is 6.34. The molecular weight excluding hydrogens is 242 g/mol. The highest BCUT2D eigenvalue weighted by Crippen LogP contribution is 2.39. The zero-order chi connectivity index (χ0) is 13.4. The molecule has 0 unspecified atom stereocenters. The number of para-hydroxylation sites is 1. The number of fused-ring (bicyclic) bond motifs is 1. The van der Waals surface area contributed by atoms with Crippen LogP contribution >= 0.6 is 0 Å². The van der Waals surface area contributed by atoms with Gasteiger partial charge < -0.3 is 19.8 Å². The van der Waals surface area contributed by atoms with Gasteiger partial charge in [0.15, 0.2) is 0 Å². The summed E-state index contributed by atoms with van der Waals surface area (Å²) in [5, 5.41) is 0. The van der Waals surface area contributed by atoms with E-state index in [1.54, 1.807) is 7.11 Å². The molecule has 0 spiro atoms. The number of nitrogens with zero attached hydrogens (tertiary/aromatic N) is 2. The Morgan fingerprint density at radius 3 is 2.89 bits per heavy atom. The maximum absolute atomic E-state index is 6.07. The molecule has 1 saturated carbocycles. The normalized spacial score (nSPS) is 22.4. The fraction of sp³-hybridized carbons (Fsp3) is 0.500. The Morgan fingerprint density at radius 2 is 2.21 bits per heavy atom. The number of aromatic nitrogens is 2. The lowest BCUT2D eigenvalue weighted by atomic mass is 9.89. The Kier molecular flexibility index (Phi) is 3.06. The molecule has 3 rings (SSSR count). The van der Waals surface area contributed by atoms with Crippen LogP contribution in [0.15, 0.2) is 18.2 Å². The Balaban J connectivity index is 2.01. The first-order chi connectivity index (χ1) is 9.24. The predicted octanol–water partition coefficient (Wildman–Crippen LogP) is 2.37. The van der Waals surface area contributed by atoms with Crippen molar-refractivity contribution >= 4 is 17.0 Å². The molecule has 1 aromatic heterocycles. The van der Waals surface area contributed by atoms with Gasteiger partial charge in [-0.1, -0.05) is 6.07 Å². The van der Waals surface area contributed by atoms with Crippen molar-refractivity contribution in [2.75, 3.05) is 19.5 Å². The maximum Gasteiger partial charge on any atom is 0.201 e. The summed E-state index contributed by atoms with van der Waals surface area (Å²) >= 11 is 0. The second kappa shape index (κ2) is 4.74. The van der Waals surface area contributed by atoms with Crippen molar-refractivity contribution in [3.05, 3.63) is 18.2 Å². The van der Waals surface area contributed by atoms with Crippen molar-refractivity contribution in [2.45, 2.75) is 31.9 Å². The number of nitrogen functional groups attached to an aromatic ring is 1. The smallest absolute Gasteiger partial charge is 0.201 e. The molecule has 2 aromatic rings. The zero-order valence-electron chi connectivity index (χ0n) is 11.3. The van der Waals surface area contributed by atoms with Gasteiger partial charge in [-0.15, -0.1) is 0 Å². The first-order valence-corrected chi connectivity index (χ1v) is 6.66. The monoisotopic (exact) mass is 261 g/mol. The van der Waals surface area contributed by atoms with E-state index in [1.165, 1.54) is 0 Å². The van der Waals surface area contributed by atoms with Gasteiger partial charge in [-0.25, -0.2) is 4.98 Å². The number of nitrogens with two attached hydrogens (primary N) is 1. The van der Waals surface area contributed by atoms with Gasteiger partial charge in [-0.05, 0) is 31.9 Å². The van der Waals surface area contributed by atoms with E-state index in [9.17, 15) is 0 Å². The molecule has 1 aliphatic rings. The van der Waals surface area contributed by atoms with Gasteiger partial charge in [0.05, 0.1) is 18.2 Å². The summed E-state index contributed by atoms with van der Waals surface area (Å²) in [5.41, 5.74) is 7.97. The number of imidazole rings is 1. The van der Waals surface area contributed by atoms with E-state index in [1.807, 2.05) is 25.1 Å². The van der Waals surface area contributed by atoms with Crippen LogP contribution in [0.1, 0.15) is 25.8 Å². The van der Waals surface area contributed by atoms with Crippen LogP contribution in [0.4, 0.5) is 5.95 Å². The van der Waals surface area contributed by atoms with Crippen molar-refractivity contribution in [3.63, 3.8) is 0 Å². The quantitative estimate of drug-likeness (QED) is 0.917. The summed E-state index contributed by atoms with van der Waals surface area (Å²) in [6.45, 7) is 2.59. The van der Waals surface area contributed by atoms with Crippen LogP contribution in [0, 0.1) is 0 Å². The molecular formula is C14H19N3O2. The molecule has 5 nitrogen and oxygen atoms in total. The van der Waals surface area contributed by atoms with Gasteiger partial charge in [-0.3, -0.25) is 0 Å². The lowest BCUT2D eigenvalue weighted by Gasteiger charge is -2.35. The fourth-order valence-corrected chi connectivity index (χ4v) is 2.71. The average Bonchev–Trinajstić information content (AvgIpc) is 2.67. The summed E-state index contributed by atoms with van der Waals surface area (Å²) in [6.07, 6.45) is 2.33. The Hall–Kier alpha value is -1.75. The molecule has 19 heavy (non-hydrogen) atoms. The first-order valence-electron chi connectivity index (χ1n) is 6.66. The standard InChI is InChI=1S/C14H19N3O2/c1-3-19-12-6-4-5-11-13(12)16-14(15)17(11)9-7-10(8-9)18-2/h4-6,9-10H,3,7-8H2,1-2H3,(H2,15,16).